The molecule has 6 N–H and O–H groups in total. The maximum Gasteiger partial charge on any atom is 0.239 e. The zero-order valence-electron chi connectivity index (χ0n) is 10.2. The Morgan fingerprint density at radius 1 is 1.18 bits per heavy atom. The van der Waals surface area contributed by atoms with E-state index in [1.165, 1.54) is 0 Å². The second-order valence-electron chi connectivity index (χ2n) is 4.05. The summed E-state index contributed by atoms with van der Waals surface area (Å²) in [5.74, 6) is -1.23. The summed E-state index contributed by atoms with van der Waals surface area (Å²) >= 11 is 0. The summed E-state index contributed by atoms with van der Waals surface area (Å²) in [5, 5.41) is 4.85. The second-order valence-corrected chi connectivity index (χ2v) is 4.05. The molecular weight excluding hydrogens is 224 g/mol. The second kappa shape index (κ2) is 7.61. The van der Waals surface area contributed by atoms with Crippen molar-refractivity contribution in [3.8, 4) is 0 Å². The van der Waals surface area contributed by atoms with E-state index in [0.717, 1.165) is 0 Å². The van der Waals surface area contributed by atoms with Gasteiger partial charge in [-0.1, -0.05) is 13.8 Å². The Bertz CT molecular complexity index is 291. The van der Waals surface area contributed by atoms with E-state index in [2.05, 4.69) is 10.6 Å². The zero-order valence-corrected chi connectivity index (χ0v) is 10.2. The van der Waals surface area contributed by atoms with Crippen molar-refractivity contribution in [2.75, 3.05) is 13.1 Å². The molecule has 1 atom stereocenters. The lowest BCUT2D eigenvalue weighted by molar-refractivity contribution is -0.127. The number of carbonyl (C=O) groups excluding carboxylic acids is 3. The molecule has 0 radical (unpaired) electrons. The summed E-state index contributed by atoms with van der Waals surface area (Å²) in [6.45, 7) is 3.65. The molecule has 98 valence electrons. The SMILES string of the molecule is CC(C)[C@H](N)C(=O)NCC(=O)NCCC(N)=O. The lowest BCUT2D eigenvalue weighted by atomic mass is 10.1. The van der Waals surface area contributed by atoms with Crippen LogP contribution in [0.1, 0.15) is 20.3 Å². The van der Waals surface area contributed by atoms with E-state index in [-0.39, 0.29) is 37.2 Å². The van der Waals surface area contributed by atoms with Gasteiger partial charge >= 0.3 is 0 Å². The molecule has 0 aliphatic heterocycles. The van der Waals surface area contributed by atoms with E-state index in [1.807, 2.05) is 13.8 Å². The van der Waals surface area contributed by atoms with Crippen molar-refractivity contribution in [1.82, 2.24) is 10.6 Å². The number of nitrogens with two attached hydrogens (primary N) is 2. The van der Waals surface area contributed by atoms with Crippen molar-refractivity contribution in [2.24, 2.45) is 17.4 Å². The monoisotopic (exact) mass is 244 g/mol. The summed E-state index contributed by atoms with van der Waals surface area (Å²) in [6.07, 6.45) is 0.0746. The summed E-state index contributed by atoms with van der Waals surface area (Å²) in [7, 11) is 0. The van der Waals surface area contributed by atoms with Gasteiger partial charge in [0.15, 0.2) is 0 Å². The number of amides is 3. The first-order chi connectivity index (χ1) is 7.84. The molecule has 0 aromatic carbocycles. The molecule has 0 rings (SSSR count). The van der Waals surface area contributed by atoms with Gasteiger partial charge in [0.1, 0.15) is 0 Å². The quantitative estimate of drug-likeness (QED) is 0.416. The molecule has 0 bridgehead atoms. The normalized spacial score (nSPS) is 12.0. The fraction of sp³-hybridized carbons (Fsp3) is 0.700. The average molecular weight is 244 g/mol. The lowest BCUT2D eigenvalue weighted by Crippen LogP contribution is -2.47. The van der Waals surface area contributed by atoms with Crippen LogP contribution >= 0.6 is 0 Å². The van der Waals surface area contributed by atoms with Crippen LogP contribution < -0.4 is 22.1 Å². The Labute approximate surface area is 100 Å². The highest BCUT2D eigenvalue weighted by Gasteiger charge is 2.17. The molecule has 0 heterocycles. The Kier molecular flexibility index (Phi) is 6.88. The van der Waals surface area contributed by atoms with Crippen LogP contribution in [-0.2, 0) is 14.4 Å². The number of hydrogen-bond acceptors (Lipinski definition) is 4. The molecule has 0 unspecified atom stereocenters. The molecule has 0 aromatic rings. The van der Waals surface area contributed by atoms with Gasteiger partial charge in [-0.15, -0.1) is 0 Å². The minimum absolute atomic E-state index is 0.00734. The van der Waals surface area contributed by atoms with Crippen LogP contribution in [0, 0.1) is 5.92 Å². The number of carbonyl (C=O) groups is 3. The largest absolute Gasteiger partial charge is 0.370 e. The third-order valence-electron chi connectivity index (χ3n) is 2.14. The van der Waals surface area contributed by atoms with Crippen LogP contribution in [0.2, 0.25) is 0 Å². The topological polar surface area (TPSA) is 127 Å². The summed E-state index contributed by atoms with van der Waals surface area (Å²) in [6, 6.07) is -0.631. The lowest BCUT2D eigenvalue weighted by Gasteiger charge is -2.15. The van der Waals surface area contributed by atoms with Gasteiger partial charge in [-0.05, 0) is 5.92 Å². The van der Waals surface area contributed by atoms with E-state index in [9.17, 15) is 14.4 Å². The molecule has 0 saturated heterocycles. The standard InChI is InChI=1S/C10H20N4O3/c1-6(2)9(12)10(17)14-5-8(16)13-4-3-7(11)15/h6,9H,3-5,12H2,1-2H3,(H2,11,15)(H,13,16)(H,14,17)/t9-/m0/s1. The van der Waals surface area contributed by atoms with E-state index in [1.54, 1.807) is 0 Å². The first kappa shape index (κ1) is 15.4. The van der Waals surface area contributed by atoms with E-state index in [4.69, 9.17) is 11.5 Å². The molecular formula is C10H20N4O3. The van der Waals surface area contributed by atoms with Gasteiger partial charge in [-0.2, -0.15) is 0 Å². The fourth-order valence-corrected chi connectivity index (χ4v) is 0.976. The van der Waals surface area contributed by atoms with Crippen molar-refractivity contribution < 1.29 is 14.4 Å². The van der Waals surface area contributed by atoms with Crippen molar-refractivity contribution >= 4 is 17.7 Å². The molecule has 0 fully saturated rings. The Hall–Kier alpha value is -1.63. The number of hydrogen-bond donors (Lipinski definition) is 4. The molecule has 0 saturated carbocycles. The van der Waals surface area contributed by atoms with Crippen LogP contribution in [0.5, 0.6) is 0 Å². The van der Waals surface area contributed by atoms with Gasteiger partial charge in [0.25, 0.3) is 0 Å². The molecule has 7 nitrogen and oxygen atoms in total. The highest BCUT2D eigenvalue weighted by Crippen LogP contribution is 1.97. The average Bonchev–Trinajstić information content (AvgIpc) is 2.24. The van der Waals surface area contributed by atoms with Gasteiger partial charge in [0, 0.05) is 13.0 Å². The minimum Gasteiger partial charge on any atom is -0.370 e. The molecule has 3 amide bonds. The number of rotatable bonds is 7. The van der Waals surface area contributed by atoms with Crippen molar-refractivity contribution in [1.29, 1.82) is 0 Å². The van der Waals surface area contributed by atoms with Crippen molar-refractivity contribution in [3.63, 3.8) is 0 Å². The minimum atomic E-state index is -0.631. The molecule has 0 spiro atoms. The maximum atomic E-state index is 11.4. The van der Waals surface area contributed by atoms with Crippen LogP contribution in [0.4, 0.5) is 0 Å². The third kappa shape index (κ3) is 7.29. The van der Waals surface area contributed by atoms with Gasteiger partial charge < -0.3 is 22.1 Å². The van der Waals surface area contributed by atoms with E-state index in [0.29, 0.717) is 0 Å². The predicted molar refractivity (Wildman–Crippen MR) is 62.6 cm³/mol. The molecule has 0 aliphatic rings. The van der Waals surface area contributed by atoms with Crippen molar-refractivity contribution in [3.05, 3.63) is 0 Å². The first-order valence-corrected chi connectivity index (χ1v) is 5.43. The summed E-state index contributed by atoms with van der Waals surface area (Å²) in [5.41, 5.74) is 10.5. The van der Waals surface area contributed by atoms with Gasteiger partial charge in [-0.25, -0.2) is 0 Å². The Morgan fingerprint density at radius 3 is 2.24 bits per heavy atom. The highest BCUT2D eigenvalue weighted by atomic mass is 16.2. The third-order valence-corrected chi connectivity index (χ3v) is 2.14. The Balaban J connectivity index is 3.77. The molecule has 0 aliphatic carbocycles. The maximum absolute atomic E-state index is 11.4. The van der Waals surface area contributed by atoms with Crippen molar-refractivity contribution in [2.45, 2.75) is 26.3 Å². The Morgan fingerprint density at radius 2 is 1.76 bits per heavy atom. The van der Waals surface area contributed by atoms with Crippen LogP contribution in [0.3, 0.4) is 0 Å². The first-order valence-electron chi connectivity index (χ1n) is 5.43. The molecule has 7 heteroatoms. The smallest absolute Gasteiger partial charge is 0.239 e. The van der Waals surface area contributed by atoms with Crippen LogP contribution in [-0.4, -0.2) is 36.9 Å². The molecule has 17 heavy (non-hydrogen) atoms. The predicted octanol–water partition coefficient (Wildman–Crippen LogP) is -1.92. The number of primary amides is 1. The van der Waals surface area contributed by atoms with Gasteiger partial charge in [0.05, 0.1) is 12.6 Å². The van der Waals surface area contributed by atoms with Crippen LogP contribution in [0.25, 0.3) is 0 Å². The van der Waals surface area contributed by atoms with E-state index >= 15 is 0 Å². The summed E-state index contributed by atoms with van der Waals surface area (Å²) in [4.78, 5) is 33.0. The summed E-state index contributed by atoms with van der Waals surface area (Å²) < 4.78 is 0. The zero-order chi connectivity index (χ0) is 13.4. The van der Waals surface area contributed by atoms with Crippen LogP contribution in [0.15, 0.2) is 0 Å². The highest BCUT2D eigenvalue weighted by molar-refractivity contribution is 5.87. The number of nitrogens with one attached hydrogen (secondary N) is 2. The molecule has 0 aromatic heterocycles. The van der Waals surface area contributed by atoms with E-state index < -0.39 is 11.9 Å². The van der Waals surface area contributed by atoms with Gasteiger partial charge in [-0.3, -0.25) is 14.4 Å². The van der Waals surface area contributed by atoms with Gasteiger partial charge in [0.2, 0.25) is 17.7 Å². The fourth-order valence-electron chi connectivity index (χ4n) is 0.976.